The molecule has 2 rings (SSSR count). The Kier molecular flexibility index (Phi) is 10.1. The highest BCUT2D eigenvalue weighted by molar-refractivity contribution is 14.0. The number of hydrogen-bond donors (Lipinski definition) is 1. The summed E-state index contributed by atoms with van der Waals surface area (Å²) >= 11 is 1.64. The monoisotopic (exact) mass is 488 g/mol. The summed E-state index contributed by atoms with van der Waals surface area (Å²) < 4.78 is 5.33. The Morgan fingerprint density at radius 1 is 1.35 bits per heavy atom. The Bertz CT molecular complexity index is 704. The molecular weight excluding hydrogens is 459 g/mol. The van der Waals surface area contributed by atoms with Gasteiger partial charge in [0.05, 0.1) is 12.2 Å². The maximum Gasteiger partial charge on any atom is 0.194 e. The van der Waals surface area contributed by atoms with Crippen LogP contribution in [0, 0.1) is 0 Å². The summed E-state index contributed by atoms with van der Waals surface area (Å²) in [5.74, 6) is 0.861. The second-order valence-corrected chi connectivity index (χ2v) is 6.82. The molecule has 0 saturated heterocycles. The van der Waals surface area contributed by atoms with Crippen LogP contribution in [0.5, 0.6) is 0 Å². The molecule has 0 bridgehead atoms. The zero-order valence-corrected chi connectivity index (χ0v) is 19.3. The lowest BCUT2D eigenvalue weighted by Gasteiger charge is -2.22. The lowest BCUT2D eigenvalue weighted by Crippen LogP contribution is -2.38. The smallest absolute Gasteiger partial charge is 0.194 e. The van der Waals surface area contributed by atoms with Crippen LogP contribution in [-0.2, 0) is 24.2 Å². The van der Waals surface area contributed by atoms with E-state index in [1.165, 1.54) is 11.1 Å². The lowest BCUT2D eigenvalue weighted by molar-refractivity contribution is 0.119. The molecule has 0 aliphatic heterocycles. The average Bonchev–Trinajstić information content (AvgIpc) is 3.10. The molecule has 1 atom stereocenters. The summed E-state index contributed by atoms with van der Waals surface area (Å²) in [5.41, 5.74) is 3.71. The summed E-state index contributed by atoms with van der Waals surface area (Å²) in [7, 11) is 5.54. The first-order chi connectivity index (χ1) is 12.1. The van der Waals surface area contributed by atoms with Crippen molar-refractivity contribution in [1.82, 2.24) is 15.2 Å². The summed E-state index contributed by atoms with van der Waals surface area (Å²) in [6.45, 7) is 5.67. The summed E-state index contributed by atoms with van der Waals surface area (Å²) in [6, 6.07) is 8.51. The first-order valence-corrected chi connectivity index (χ1v) is 9.42. The van der Waals surface area contributed by atoms with Gasteiger partial charge in [0.2, 0.25) is 0 Å². The van der Waals surface area contributed by atoms with Crippen LogP contribution >= 0.6 is 35.3 Å². The van der Waals surface area contributed by atoms with Crippen molar-refractivity contribution >= 4 is 41.3 Å². The van der Waals surface area contributed by atoms with Crippen LogP contribution < -0.4 is 5.32 Å². The van der Waals surface area contributed by atoms with Gasteiger partial charge in [-0.25, -0.2) is 4.98 Å². The fourth-order valence-electron chi connectivity index (χ4n) is 2.63. The van der Waals surface area contributed by atoms with Crippen molar-refractivity contribution in [2.45, 2.75) is 39.5 Å². The number of thiazole rings is 1. The van der Waals surface area contributed by atoms with E-state index >= 15 is 0 Å². The Morgan fingerprint density at radius 2 is 2.04 bits per heavy atom. The number of aliphatic imine (C=N–C) groups is 1. The van der Waals surface area contributed by atoms with Gasteiger partial charge in [0.15, 0.2) is 5.96 Å². The lowest BCUT2D eigenvalue weighted by atomic mass is 10.1. The number of methoxy groups -OCH3 is 1. The molecule has 2 aromatic rings. The van der Waals surface area contributed by atoms with E-state index in [-0.39, 0.29) is 30.1 Å². The number of halogens is 1. The van der Waals surface area contributed by atoms with Gasteiger partial charge < -0.3 is 15.0 Å². The van der Waals surface area contributed by atoms with Crippen molar-refractivity contribution in [1.29, 1.82) is 0 Å². The van der Waals surface area contributed by atoms with Crippen molar-refractivity contribution < 1.29 is 4.74 Å². The minimum Gasteiger partial charge on any atom is -0.375 e. The van der Waals surface area contributed by atoms with Gasteiger partial charge >= 0.3 is 0 Å². The van der Waals surface area contributed by atoms with E-state index in [1.54, 1.807) is 18.4 Å². The van der Waals surface area contributed by atoms with Gasteiger partial charge in [-0.1, -0.05) is 31.2 Å². The first kappa shape index (κ1) is 22.9. The molecule has 0 radical (unpaired) electrons. The molecule has 1 aromatic carbocycles. The standard InChI is InChI=1S/C19H28N4OS.HI/c1-6-15-9-7-8-10-16(15)11-21-19(20-3)23(4)12-17-13-25-18(22-17)14(2)24-5;/h7-10,13-14H,6,11-12H2,1-5H3,(H,20,21);1H. The van der Waals surface area contributed by atoms with Crippen LogP contribution in [0.4, 0.5) is 0 Å². The third-order valence-electron chi connectivity index (χ3n) is 4.18. The number of aryl methyl sites for hydroxylation is 1. The van der Waals surface area contributed by atoms with Gasteiger partial charge in [0, 0.05) is 33.1 Å². The zero-order valence-electron chi connectivity index (χ0n) is 16.2. The van der Waals surface area contributed by atoms with E-state index in [9.17, 15) is 0 Å². The normalized spacial score (nSPS) is 12.4. The molecule has 144 valence electrons. The van der Waals surface area contributed by atoms with Crippen molar-refractivity contribution in [3.63, 3.8) is 0 Å². The van der Waals surface area contributed by atoms with Crippen molar-refractivity contribution in [3.05, 3.63) is 51.5 Å². The Hall–Kier alpha value is -1.19. The third-order valence-corrected chi connectivity index (χ3v) is 5.23. The molecule has 0 aliphatic carbocycles. The van der Waals surface area contributed by atoms with E-state index in [1.807, 2.05) is 21.0 Å². The minimum absolute atomic E-state index is 0. The SMILES string of the molecule is CCc1ccccc1CNC(=NC)N(C)Cc1csc(C(C)OC)n1.I. The summed E-state index contributed by atoms with van der Waals surface area (Å²) in [5, 5.41) is 6.54. The maximum atomic E-state index is 5.33. The van der Waals surface area contributed by atoms with E-state index in [2.05, 4.69) is 56.8 Å². The fourth-order valence-corrected chi connectivity index (χ4v) is 3.48. The minimum atomic E-state index is 0. The molecule has 1 N–H and O–H groups in total. The van der Waals surface area contributed by atoms with E-state index < -0.39 is 0 Å². The predicted octanol–water partition coefficient (Wildman–Crippen LogP) is 4.24. The highest BCUT2D eigenvalue weighted by Crippen LogP contribution is 2.21. The molecule has 0 amide bonds. The molecule has 0 spiro atoms. The number of hydrogen-bond acceptors (Lipinski definition) is 4. The highest BCUT2D eigenvalue weighted by atomic mass is 127. The predicted molar refractivity (Wildman–Crippen MR) is 120 cm³/mol. The number of aromatic nitrogens is 1. The molecule has 0 saturated carbocycles. The van der Waals surface area contributed by atoms with Crippen LogP contribution in [0.2, 0.25) is 0 Å². The van der Waals surface area contributed by atoms with Crippen LogP contribution in [0.3, 0.4) is 0 Å². The second kappa shape index (κ2) is 11.5. The van der Waals surface area contributed by atoms with Crippen molar-refractivity contribution in [2.24, 2.45) is 4.99 Å². The van der Waals surface area contributed by atoms with Gasteiger partial charge in [-0.05, 0) is 24.5 Å². The zero-order chi connectivity index (χ0) is 18.2. The molecule has 7 heteroatoms. The quantitative estimate of drug-likeness (QED) is 0.360. The topological polar surface area (TPSA) is 49.8 Å². The fraction of sp³-hybridized carbons (Fsp3) is 0.474. The molecule has 1 aromatic heterocycles. The van der Waals surface area contributed by atoms with E-state index in [0.29, 0.717) is 6.54 Å². The molecule has 1 unspecified atom stereocenters. The van der Waals surface area contributed by atoms with Crippen LogP contribution in [0.15, 0.2) is 34.6 Å². The van der Waals surface area contributed by atoms with Crippen LogP contribution in [-0.4, -0.2) is 37.0 Å². The van der Waals surface area contributed by atoms with E-state index in [0.717, 1.165) is 29.6 Å². The molecule has 1 heterocycles. The van der Waals surface area contributed by atoms with Gasteiger partial charge in [0.25, 0.3) is 0 Å². The number of benzene rings is 1. The Morgan fingerprint density at radius 3 is 2.65 bits per heavy atom. The summed E-state index contributed by atoms with van der Waals surface area (Å²) in [6.07, 6.45) is 1.07. The molecule has 0 fully saturated rings. The van der Waals surface area contributed by atoms with Gasteiger partial charge in [-0.3, -0.25) is 4.99 Å². The van der Waals surface area contributed by atoms with Crippen molar-refractivity contribution in [2.75, 3.05) is 21.2 Å². The second-order valence-electron chi connectivity index (χ2n) is 5.93. The molecule has 0 aliphatic rings. The van der Waals surface area contributed by atoms with Gasteiger partial charge in [-0.15, -0.1) is 35.3 Å². The number of ether oxygens (including phenoxy) is 1. The summed E-state index contributed by atoms with van der Waals surface area (Å²) in [4.78, 5) is 11.1. The van der Waals surface area contributed by atoms with Crippen molar-refractivity contribution in [3.8, 4) is 0 Å². The number of nitrogens with zero attached hydrogens (tertiary/aromatic N) is 3. The third kappa shape index (κ3) is 6.21. The maximum absolute atomic E-state index is 5.33. The largest absolute Gasteiger partial charge is 0.375 e. The molecule has 26 heavy (non-hydrogen) atoms. The van der Waals surface area contributed by atoms with Crippen LogP contribution in [0.1, 0.15) is 41.8 Å². The van der Waals surface area contributed by atoms with Gasteiger partial charge in [0.1, 0.15) is 11.1 Å². The number of rotatable bonds is 7. The highest BCUT2D eigenvalue weighted by Gasteiger charge is 2.13. The Labute approximate surface area is 177 Å². The van der Waals surface area contributed by atoms with Gasteiger partial charge in [-0.2, -0.15) is 0 Å². The molecular formula is C19H29IN4OS. The first-order valence-electron chi connectivity index (χ1n) is 8.54. The number of guanidine groups is 1. The Balaban J connectivity index is 0.00000338. The number of nitrogens with one attached hydrogen (secondary N) is 1. The average molecular weight is 488 g/mol. The van der Waals surface area contributed by atoms with E-state index in [4.69, 9.17) is 4.74 Å². The van der Waals surface area contributed by atoms with Crippen LogP contribution in [0.25, 0.3) is 0 Å². The molecule has 5 nitrogen and oxygen atoms in total.